The smallest absolute Gasteiger partial charge is 0.452 e. The van der Waals surface area contributed by atoms with E-state index in [0.29, 0.717) is 30.7 Å². The van der Waals surface area contributed by atoms with Gasteiger partial charge in [-0.1, -0.05) is 5.11 Å². The van der Waals surface area contributed by atoms with E-state index >= 15 is 0 Å². The highest BCUT2D eigenvalue weighted by atomic mass is 16.6. The quantitative estimate of drug-likeness (QED) is 0.583. The van der Waals surface area contributed by atoms with Crippen molar-refractivity contribution < 1.29 is 19.1 Å². The highest BCUT2D eigenvalue weighted by Crippen LogP contribution is 2.27. The Labute approximate surface area is 119 Å². The van der Waals surface area contributed by atoms with E-state index in [1.807, 2.05) is 0 Å². The van der Waals surface area contributed by atoms with Crippen molar-refractivity contribution in [3.63, 3.8) is 0 Å². The van der Waals surface area contributed by atoms with Gasteiger partial charge < -0.3 is 9.47 Å². The molecule has 0 atom stereocenters. The highest BCUT2D eigenvalue weighted by molar-refractivity contribution is 5.89. The van der Waals surface area contributed by atoms with Gasteiger partial charge in [-0.25, -0.2) is 9.59 Å². The fourth-order valence-corrected chi connectivity index (χ4v) is 1.82. The molecule has 0 saturated carbocycles. The van der Waals surface area contributed by atoms with E-state index < -0.39 is 11.7 Å². The summed E-state index contributed by atoms with van der Waals surface area (Å²) in [6.45, 7) is 7.33. The molecule has 0 aromatic heterocycles. The van der Waals surface area contributed by atoms with E-state index in [1.165, 1.54) is 0 Å². The summed E-state index contributed by atoms with van der Waals surface area (Å²) in [5, 5.41) is 7.41. The Kier molecular flexibility index (Phi) is 5.85. The van der Waals surface area contributed by atoms with Crippen LogP contribution in [0, 0.1) is 0 Å². The number of esters is 1. The van der Waals surface area contributed by atoms with Crippen molar-refractivity contribution >= 4 is 12.1 Å². The van der Waals surface area contributed by atoms with Crippen molar-refractivity contribution in [2.75, 3.05) is 6.61 Å². The average Bonchev–Trinajstić information content (AvgIpc) is 2.35. The van der Waals surface area contributed by atoms with Crippen molar-refractivity contribution in [3.8, 4) is 0 Å². The Morgan fingerprint density at radius 1 is 1.20 bits per heavy atom. The molecule has 1 rings (SSSR count). The first-order valence-corrected chi connectivity index (χ1v) is 6.87. The van der Waals surface area contributed by atoms with Crippen LogP contribution in [0.25, 0.3) is 0 Å². The molecule has 0 aromatic rings. The molecule has 0 radical (unpaired) electrons. The fourth-order valence-electron chi connectivity index (χ4n) is 1.82. The van der Waals surface area contributed by atoms with Gasteiger partial charge in [-0.2, -0.15) is 0 Å². The van der Waals surface area contributed by atoms with Gasteiger partial charge in [0.05, 0.1) is 17.9 Å². The van der Waals surface area contributed by atoms with Gasteiger partial charge in [0, 0.05) is 0 Å². The third-order valence-electron chi connectivity index (χ3n) is 2.61. The third-order valence-corrected chi connectivity index (χ3v) is 2.61. The van der Waals surface area contributed by atoms with Crippen LogP contribution in [-0.2, 0) is 14.3 Å². The van der Waals surface area contributed by atoms with Crippen molar-refractivity contribution in [1.82, 2.24) is 0 Å². The largest absolute Gasteiger partial charge is 0.463 e. The summed E-state index contributed by atoms with van der Waals surface area (Å²) in [5.74, 6) is -0.370. The number of ether oxygens (including phenoxy) is 2. The van der Waals surface area contributed by atoms with Gasteiger partial charge in [0.15, 0.2) is 0 Å². The predicted octanol–water partition coefficient (Wildman–Crippen LogP) is 3.76. The summed E-state index contributed by atoms with van der Waals surface area (Å²) in [6, 6.07) is 0. The molecule has 0 unspecified atom stereocenters. The molecule has 1 amide bonds. The molecule has 0 spiro atoms. The monoisotopic (exact) mass is 282 g/mol. The van der Waals surface area contributed by atoms with Gasteiger partial charge in [0.1, 0.15) is 5.60 Å². The zero-order valence-corrected chi connectivity index (χ0v) is 12.6. The summed E-state index contributed by atoms with van der Waals surface area (Å²) >= 11 is 0. The number of carbonyl (C=O) groups excluding carboxylic acids is 2. The molecular weight excluding hydrogens is 260 g/mol. The van der Waals surface area contributed by atoms with Crippen molar-refractivity contribution in [2.24, 2.45) is 10.2 Å². The summed E-state index contributed by atoms with van der Waals surface area (Å²) in [6.07, 6.45) is 2.33. The number of hydrogen-bond donors (Lipinski definition) is 0. The molecule has 112 valence electrons. The Bertz CT molecular complexity index is 433. The molecule has 0 aliphatic heterocycles. The molecule has 6 nitrogen and oxygen atoms in total. The third kappa shape index (κ3) is 5.50. The molecular formula is C14H22N2O4. The van der Waals surface area contributed by atoms with Crippen LogP contribution in [0.5, 0.6) is 0 Å². The number of hydrogen-bond acceptors (Lipinski definition) is 5. The van der Waals surface area contributed by atoms with Crippen molar-refractivity contribution in [3.05, 3.63) is 11.3 Å². The van der Waals surface area contributed by atoms with Crippen LogP contribution in [-0.4, -0.2) is 24.3 Å². The first kappa shape index (κ1) is 16.3. The number of azo groups is 1. The summed E-state index contributed by atoms with van der Waals surface area (Å²) in [4.78, 5) is 23.3. The minimum absolute atomic E-state index is 0.318. The summed E-state index contributed by atoms with van der Waals surface area (Å²) in [7, 11) is 0. The number of carbonyl (C=O) groups is 2. The summed E-state index contributed by atoms with van der Waals surface area (Å²) in [5.41, 5.74) is 0.437. The predicted molar refractivity (Wildman–Crippen MR) is 73.2 cm³/mol. The molecule has 1 aliphatic carbocycles. The second-order valence-corrected chi connectivity index (χ2v) is 5.53. The number of nitrogens with zero attached hydrogens (tertiary/aromatic N) is 2. The maximum Gasteiger partial charge on any atom is 0.452 e. The maximum absolute atomic E-state index is 11.8. The minimum Gasteiger partial charge on any atom is -0.463 e. The maximum atomic E-state index is 11.8. The SMILES string of the molecule is CCOC(=O)C1=C(N=NC(=O)OC(C)(C)C)CCCC1. The second-order valence-electron chi connectivity index (χ2n) is 5.53. The van der Waals surface area contributed by atoms with E-state index in [4.69, 9.17) is 9.47 Å². The molecule has 20 heavy (non-hydrogen) atoms. The lowest BCUT2D eigenvalue weighted by atomic mass is 9.97. The summed E-state index contributed by atoms with van der Waals surface area (Å²) < 4.78 is 10.0. The minimum atomic E-state index is -0.751. The lowest BCUT2D eigenvalue weighted by Crippen LogP contribution is -2.21. The normalized spacial score (nSPS) is 16.4. The van der Waals surface area contributed by atoms with Crippen molar-refractivity contribution in [1.29, 1.82) is 0 Å². The number of allylic oxidation sites excluding steroid dienone is 1. The van der Waals surface area contributed by atoms with Crippen LogP contribution in [0.3, 0.4) is 0 Å². The van der Waals surface area contributed by atoms with Crippen LogP contribution in [0.4, 0.5) is 4.79 Å². The van der Waals surface area contributed by atoms with Crippen LogP contribution in [0.2, 0.25) is 0 Å². The van der Waals surface area contributed by atoms with E-state index in [1.54, 1.807) is 27.7 Å². The molecule has 0 heterocycles. The van der Waals surface area contributed by atoms with Gasteiger partial charge in [0.25, 0.3) is 0 Å². The van der Waals surface area contributed by atoms with Crippen LogP contribution >= 0.6 is 0 Å². The topological polar surface area (TPSA) is 77.3 Å². The van der Waals surface area contributed by atoms with Crippen LogP contribution in [0.1, 0.15) is 53.4 Å². The number of amides is 1. The lowest BCUT2D eigenvalue weighted by Gasteiger charge is -2.17. The molecule has 0 fully saturated rings. The zero-order chi connectivity index (χ0) is 15.2. The average molecular weight is 282 g/mol. The van der Waals surface area contributed by atoms with Gasteiger partial charge in [-0.3, -0.25) is 0 Å². The standard InChI is InChI=1S/C14H22N2O4/c1-5-19-12(17)10-8-6-7-9-11(10)15-16-13(18)20-14(2,3)4/h5-9H2,1-4H3. The lowest BCUT2D eigenvalue weighted by molar-refractivity contribution is -0.138. The number of rotatable bonds is 3. The Balaban J connectivity index is 2.80. The Morgan fingerprint density at radius 2 is 1.85 bits per heavy atom. The Morgan fingerprint density at radius 3 is 2.45 bits per heavy atom. The Hall–Kier alpha value is -1.72. The van der Waals surface area contributed by atoms with Gasteiger partial charge in [0.2, 0.25) is 0 Å². The second kappa shape index (κ2) is 7.17. The molecule has 1 aliphatic rings. The molecule has 6 heteroatoms. The van der Waals surface area contributed by atoms with E-state index in [-0.39, 0.29) is 5.97 Å². The molecule has 0 N–H and O–H groups in total. The van der Waals surface area contributed by atoms with Gasteiger partial charge >= 0.3 is 12.1 Å². The first-order chi connectivity index (χ1) is 9.33. The zero-order valence-electron chi connectivity index (χ0n) is 12.6. The van der Waals surface area contributed by atoms with Crippen molar-refractivity contribution in [2.45, 2.75) is 59.0 Å². The van der Waals surface area contributed by atoms with E-state index in [0.717, 1.165) is 12.8 Å². The van der Waals surface area contributed by atoms with Crippen LogP contribution < -0.4 is 0 Å². The first-order valence-electron chi connectivity index (χ1n) is 6.87. The van der Waals surface area contributed by atoms with E-state index in [9.17, 15) is 9.59 Å². The van der Waals surface area contributed by atoms with E-state index in [2.05, 4.69) is 10.2 Å². The molecule has 0 saturated heterocycles. The molecule has 0 aromatic carbocycles. The van der Waals surface area contributed by atoms with Crippen LogP contribution in [0.15, 0.2) is 21.5 Å². The van der Waals surface area contributed by atoms with Gasteiger partial charge in [-0.05, 0) is 53.4 Å². The highest BCUT2D eigenvalue weighted by Gasteiger charge is 2.21. The van der Waals surface area contributed by atoms with Gasteiger partial charge in [-0.15, -0.1) is 5.11 Å². The fraction of sp³-hybridized carbons (Fsp3) is 0.714. The molecule has 0 bridgehead atoms.